The van der Waals surface area contributed by atoms with Gasteiger partial charge in [-0.3, -0.25) is 9.59 Å². The van der Waals surface area contributed by atoms with Crippen molar-refractivity contribution in [1.29, 1.82) is 0 Å². The van der Waals surface area contributed by atoms with Gasteiger partial charge in [0.15, 0.2) is 11.5 Å². The second-order valence-electron chi connectivity index (χ2n) is 9.09. The summed E-state index contributed by atoms with van der Waals surface area (Å²) in [5.41, 5.74) is 4.27. The van der Waals surface area contributed by atoms with Gasteiger partial charge < -0.3 is 14.5 Å². The molecule has 31 heavy (non-hydrogen) atoms. The molecule has 3 aromatic rings. The zero-order chi connectivity index (χ0) is 21.8. The van der Waals surface area contributed by atoms with Gasteiger partial charge in [0.25, 0.3) is 5.91 Å². The number of anilines is 1. The van der Waals surface area contributed by atoms with Crippen molar-refractivity contribution >= 4 is 28.3 Å². The van der Waals surface area contributed by atoms with Gasteiger partial charge in [0.2, 0.25) is 0 Å². The van der Waals surface area contributed by atoms with Gasteiger partial charge in [-0.05, 0) is 70.2 Å². The van der Waals surface area contributed by atoms with Crippen molar-refractivity contribution in [3.05, 3.63) is 58.3 Å². The van der Waals surface area contributed by atoms with Crippen LogP contribution in [0, 0.1) is 20.8 Å². The molecular weight excluding hydrogens is 390 g/mol. The molecule has 1 aliphatic carbocycles. The number of hydrogen-bond donors (Lipinski definition) is 1. The minimum atomic E-state index is -0.364. The van der Waals surface area contributed by atoms with Crippen LogP contribution in [0.5, 0.6) is 5.75 Å². The molecule has 0 bridgehead atoms. The van der Waals surface area contributed by atoms with Gasteiger partial charge in [0.05, 0.1) is 12.0 Å². The highest BCUT2D eigenvalue weighted by molar-refractivity contribution is 6.15. The maximum Gasteiger partial charge on any atom is 0.291 e. The standard InChI is InChI=1S/C26H27NO4/c1-15-7-8-18(16(2)13-15)27-25(29)24-17(3)22-20(30-24)9-10-21-23(22)19(28)14-26(31-21)11-5-4-6-12-26/h7-10,13H,4-6,11-12,14H2,1-3H3,(H,27,29). The smallest absolute Gasteiger partial charge is 0.291 e. The molecule has 2 aliphatic rings. The SMILES string of the molecule is Cc1ccc(NC(=O)c2oc3ccc4c(c3c2C)C(=O)CC2(CCCCC2)O4)c(C)c1. The summed E-state index contributed by atoms with van der Waals surface area (Å²) in [7, 11) is 0. The lowest BCUT2D eigenvalue weighted by molar-refractivity contribution is 0.0139. The molecule has 2 aromatic carbocycles. The number of aryl methyl sites for hydroxylation is 3. The molecule has 1 saturated carbocycles. The number of rotatable bonds is 2. The van der Waals surface area contributed by atoms with E-state index in [1.807, 2.05) is 51.1 Å². The fourth-order valence-electron chi connectivity index (χ4n) is 5.16. The van der Waals surface area contributed by atoms with E-state index in [-0.39, 0.29) is 23.1 Å². The van der Waals surface area contributed by atoms with Crippen LogP contribution < -0.4 is 10.1 Å². The summed E-state index contributed by atoms with van der Waals surface area (Å²) >= 11 is 0. The summed E-state index contributed by atoms with van der Waals surface area (Å²) < 4.78 is 12.4. The first-order chi connectivity index (χ1) is 14.9. The van der Waals surface area contributed by atoms with Crippen LogP contribution in [0.25, 0.3) is 11.0 Å². The number of nitrogens with one attached hydrogen (secondary N) is 1. The Morgan fingerprint density at radius 3 is 2.55 bits per heavy atom. The largest absolute Gasteiger partial charge is 0.486 e. The first-order valence-corrected chi connectivity index (χ1v) is 11.0. The van der Waals surface area contributed by atoms with Crippen molar-refractivity contribution in [2.45, 2.75) is 64.9 Å². The topological polar surface area (TPSA) is 68.5 Å². The van der Waals surface area contributed by atoms with Gasteiger partial charge in [-0.1, -0.05) is 24.1 Å². The Balaban J connectivity index is 1.53. The summed E-state index contributed by atoms with van der Waals surface area (Å²) in [6.45, 7) is 5.81. The summed E-state index contributed by atoms with van der Waals surface area (Å²) in [5.74, 6) is 0.617. The normalized spacial score (nSPS) is 17.5. The number of ether oxygens (including phenoxy) is 1. The number of Topliss-reactive ketones (excluding diaryl/α,β-unsaturated/α-hetero) is 1. The van der Waals surface area contributed by atoms with Crippen molar-refractivity contribution in [1.82, 2.24) is 0 Å². The molecule has 1 aromatic heterocycles. The molecule has 1 fully saturated rings. The Labute approximate surface area is 181 Å². The number of benzene rings is 2. The van der Waals surface area contributed by atoms with Crippen LogP contribution >= 0.6 is 0 Å². The highest BCUT2D eigenvalue weighted by atomic mass is 16.5. The van der Waals surface area contributed by atoms with E-state index in [1.54, 1.807) is 0 Å². The molecule has 0 unspecified atom stereocenters. The Morgan fingerprint density at radius 2 is 1.81 bits per heavy atom. The highest BCUT2D eigenvalue weighted by Gasteiger charge is 2.42. The molecule has 0 saturated heterocycles. The van der Waals surface area contributed by atoms with Gasteiger partial charge in [-0.25, -0.2) is 0 Å². The van der Waals surface area contributed by atoms with Crippen molar-refractivity contribution in [3.63, 3.8) is 0 Å². The Morgan fingerprint density at radius 1 is 1.03 bits per heavy atom. The minimum Gasteiger partial charge on any atom is -0.486 e. The van der Waals surface area contributed by atoms with E-state index >= 15 is 0 Å². The Hall–Kier alpha value is -3.08. The number of hydrogen-bond acceptors (Lipinski definition) is 4. The zero-order valence-corrected chi connectivity index (χ0v) is 18.3. The second kappa shape index (κ2) is 7.26. The zero-order valence-electron chi connectivity index (χ0n) is 18.3. The van der Waals surface area contributed by atoms with Crippen LogP contribution in [-0.2, 0) is 0 Å². The molecule has 160 valence electrons. The fourth-order valence-corrected chi connectivity index (χ4v) is 5.16. The van der Waals surface area contributed by atoms with Crippen LogP contribution in [0.1, 0.15) is 76.1 Å². The first-order valence-electron chi connectivity index (χ1n) is 11.0. The number of ketones is 1. The van der Waals surface area contributed by atoms with E-state index in [0.29, 0.717) is 34.3 Å². The van der Waals surface area contributed by atoms with Crippen LogP contribution in [-0.4, -0.2) is 17.3 Å². The van der Waals surface area contributed by atoms with Crippen LogP contribution in [0.3, 0.4) is 0 Å². The maximum atomic E-state index is 13.2. The lowest BCUT2D eigenvalue weighted by atomic mass is 9.78. The minimum absolute atomic E-state index is 0.0824. The predicted octanol–water partition coefficient (Wildman–Crippen LogP) is 6.28. The third-order valence-corrected chi connectivity index (χ3v) is 6.75. The van der Waals surface area contributed by atoms with E-state index in [9.17, 15) is 9.59 Å². The summed E-state index contributed by atoms with van der Waals surface area (Å²) in [6, 6.07) is 9.50. The average molecular weight is 418 g/mol. The van der Waals surface area contributed by atoms with E-state index in [4.69, 9.17) is 9.15 Å². The molecule has 5 nitrogen and oxygen atoms in total. The van der Waals surface area contributed by atoms with Crippen molar-refractivity contribution in [2.75, 3.05) is 5.32 Å². The van der Waals surface area contributed by atoms with Crippen LogP contribution in [0.4, 0.5) is 5.69 Å². The van der Waals surface area contributed by atoms with Crippen LogP contribution in [0.15, 0.2) is 34.7 Å². The molecule has 0 atom stereocenters. The predicted molar refractivity (Wildman–Crippen MR) is 120 cm³/mol. The number of furan rings is 1. The number of carbonyl (C=O) groups excluding carboxylic acids is 2. The number of carbonyl (C=O) groups is 2. The molecule has 2 heterocycles. The van der Waals surface area contributed by atoms with Gasteiger partial charge >= 0.3 is 0 Å². The van der Waals surface area contributed by atoms with E-state index in [1.165, 1.54) is 6.42 Å². The molecular formula is C26H27NO4. The van der Waals surface area contributed by atoms with Crippen molar-refractivity contribution in [2.24, 2.45) is 0 Å². The summed E-state index contributed by atoms with van der Waals surface area (Å²) in [6.07, 6.45) is 5.63. The molecule has 1 N–H and O–H groups in total. The number of fused-ring (bicyclic) bond motifs is 3. The lowest BCUT2D eigenvalue weighted by Gasteiger charge is -2.40. The van der Waals surface area contributed by atoms with Gasteiger partial charge in [-0.15, -0.1) is 0 Å². The quantitative estimate of drug-likeness (QED) is 0.533. The van der Waals surface area contributed by atoms with E-state index < -0.39 is 0 Å². The van der Waals surface area contributed by atoms with Crippen LogP contribution in [0.2, 0.25) is 0 Å². The molecule has 5 heteroatoms. The maximum absolute atomic E-state index is 13.2. The molecule has 1 spiro atoms. The third kappa shape index (κ3) is 3.32. The average Bonchev–Trinajstić information content (AvgIpc) is 3.07. The molecule has 5 rings (SSSR count). The van der Waals surface area contributed by atoms with Gasteiger partial charge in [-0.2, -0.15) is 0 Å². The highest BCUT2D eigenvalue weighted by Crippen LogP contribution is 2.45. The molecule has 0 radical (unpaired) electrons. The first kappa shape index (κ1) is 19.9. The monoisotopic (exact) mass is 417 g/mol. The lowest BCUT2D eigenvalue weighted by Crippen LogP contribution is -2.43. The Bertz CT molecular complexity index is 1210. The van der Waals surface area contributed by atoms with E-state index in [0.717, 1.165) is 42.5 Å². The Kier molecular flexibility index (Phi) is 4.65. The fraction of sp³-hybridized carbons (Fsp3) is 0.385. The summed E-state index contributed by atoms with van der Waals surface area (Å²) in [5, 5.41) is 3.64. The van der Waals surface area contributed by atoms with Crippen molar-refractivity contribution in [3.8, 4) is 5.75 Å². The van der Waals surface area contributed by atoms with Crippen molar-refractivity contribution < 1.29 is 18.7 Å². The second-order valence-corrected chi connectivity index (χ2v) is 9.09. The molecule has 1 aliphatic heterocycles. The van der Waals surface area contributed by atoms with Gasteiger partial charge in [0, 0.05) is 16.6 Å². The van der Waals surface area contributed by atoms with E-state index in [2.05, 4.69) is 5.32 Å². The molecule has 1 amide bonds. The third-order valence-electron chi connectivity index (χ3n) is 6.75. The number of amides is 1. The summed E-state index contributed by atoms with van der Waals surface area (Å²) in [4.78, 5) is 26.3. The van der Waals surface area contributed by atoms with Gasteiger partial charge in [0.1, 0.15) is 16.9 Å².